The van der Waals surface area contributed by atoms with Crippen molar-refractivity contribution in [2.24, 2.45) is 0 Å². The summed E-state index contributed by atoms with van der Waals surface area (Å²) in [6.07, 6.45) is 0.897. The van der Waals surface area contributed by atoms with Gasteiger partial charge in [0.05, 0.1) is 16.2 Å². The fourth-order valence-corrected chi connectivity index (χ4v) is 3.33. The molecule has 0 fully saturated rings. The molecule has 3 nitrogen and oxygen atoms in total. The summed E-state index contributed by atoms with van der Waals surface area (Å²) in [6, 6.07) is 10.8. The molecule has 0 saturated heterocycles. The minimum absolute atomic E-state index is 0.248. The third-order valence-electron chi connectivity index (χ3n) is 3.68. The Morgan fingerprint density at radius 2 is 2.00 bits per heavy atom. The summed E-state index contributed by atoms with van der Waals surface area (Å²) < 4.78 is 0. The van der Waals surface area contributed by atoms with Crippen molar-refractivity contribution in [3.8, 4) is 0 Å². The van der Waals surface area contributed by atoms with E-state index in [2.05, 4.69) is 58.8 Å². The van der Waals surface area contributed by atoms with Gasteiger partial charge in [0.25, 0.3) is 0 Å². The SMILES string of the molecule is CNC(Cc1csc(C)n1)c1cc(C)nc2ccccc12. The van der Waals surface area contributed by atoms with E-state index >= 15 is 0 Å². The van der Waals surface area contributed by atoms with E-state index < -0.39 is 0 Å². The van der Waals surface area contributed by atoms with Gasteiger partial charge in [0.15, 0.2) is 0 Å². The first-order chi connectivity index (χ1) is 10.2. The lowest BCUT2D eigenvalue weighted by Gasteiger charge is -2.18. The summed E-state index contributed by atoms with van der Waals surface area (Å²) >= 11 is 1.71. The van der Waals surface area contributed by atoms with Crippen LogP contribution in [0.4, 0.5) is 0 Å². The smallest absolute Gasteiger partial charge is 0.0897 e. The van der Waals surface area contributed by atoms with E-state index in [-0.39, 0.29) is 6.04 Å². The van der Waals surface area contributed by atoms with Crippen LogP contribution < -0.4 is 5.32 Å². The van der Waals surface area contributed by atoms with E-state index in [1.54, 1.807) is 11.3 Å². The average Bonchev–Trinajstić information content (AvgIpc) is 2.89. The molecule has 0 spiro atoms. The molecule has 0 aliphatic rings. The predicted octanol–water partition coefficient (Wildman–Crippen LogP) is 3.81. The Bertz CT molecular complexity index is 764. The maximum atomic E-state index is 4.62. The zero-order chi connectivity index (χ0) is 14.8. The summed E-state index contributed by atoms with van der Waals surface area (Å²) in [5, 5.41) is 7.92. The third kappa shape index (κ3) is 2.96. The number of hydrogen-bond donors (Lipinski definition) is 1. The molecule has 0 bridgehead atoms. The van der Waals surface area contributed by atoms with Crippen LogP contribution in [-0.4, -0.2) is 17.0 Å². The Kier molecular flexibility index (Phi) is 3.99. The minimum Gasteiger partial charge on any atom is -0.313 e. The van der Waals surface area contributed by atoms with Crippen LogP contribution in [0.5, 0.6) is 0 Å². The van der Waals surface area contributed by atoms with Crippen molar-refractivity contribution >= 4 is 22.2 Å². The van der Waals surface area contributed by atoms with Crippen molar-refractivity contribution in [1.29, 1.82) is 0 Å². The number of para-hydroxylation sites is 1. The number of aryl methyl sites for hydroxylation is 2. The van der Waals surface area contributed by atoms with Gasteiger partial charge in [-0.05, 0) is 38.6 Å². The second-order valence-corrected chi connectivity index (χ2v) is 6.34. The van der Waals surface area contributed by atoms with E-state index in [0.717, 1.165) is 28.3 Å². The highest BCUT2D eigenvalue weighted by Gasteiger charge is 2.15. The first-order valence-electron chi connectivity index (χ1n) is 7.12. The highest BCUT2D eigenvalue weighted by molar-refractivity contribution is 7.09. The largest absolute Gasteiger partial charge is 0.313 e. The Hall–Kier alpha value is -1.78. The number of nitrogens with one attached hydrogen (secondary N) is 1. The van der Waals surface area contributed by atoms with Gasteiger partial charge in [0.2, 0.25) is 0 Å². The molecule has 3 aromatic rings. The van der Waals surface area contributed by atoms with Gasteiger partial charge in [-0.1, -0.05) is 18.2 Å². The predicted molar refractivity (Wildman–Crippen MR) is 88.8 cm³/mol. The number of likely N-dealkylation sites (N-methyl/N-ethyl adjacent to an activating group) is 1. The highest BCUT2D eigenvalue weighted by atomic mass is 32.1. The fraction of sp³-hybridized carbons (Fsp3) is 0.294. The number of aromatic nitrogens is 2. The Balaban J connectivity index is 2.04. The third-order valence-corrected chi connectivity index (χ3v) is 4.50. The van der Waals surface area contributed by atoms with E-state index in [1.807, 2.05) is 13.1 Å². The molecule has 108 valence electrons. The lowest BCUT2D eigenvalue weighted by atomic mass is 9.97. The van der Waals surface area contributed by atoms with Gasteiger partial charge in [-0.3, -0.25) is 4.98 Å². The summed E-state index contributed by atoms with van der Waals surface area (Å²) in [5.41, 5.74) is 4.56. The van der Waals surface area contributed by atoms with Gasteiger partial charge < -0.3 is 5.32 Å². The summed E-state index contributed by atoms with van der Waals surface area (Å²) in [6.45, 7) is 4.10. The van der Waals surface area contributed by atoms with Gasteiger partial charge >= 0.3 is 0 Å². The molecule has 2 heterocycles. The van der Waals surface area contributed by atoms with Crippen LogP contribution in [0.1, 0.15) is 28.0 Å². The quantitative estimate of drug-likeness (QED) is 0.795. The van der Waals surface area contributed by atoms with Gasteiger partial charge in [-0.15, -0.1) is 11.3 Å². The Morgan fingerprint density at radius 3 is 2.71 bits per heavy atom. The Morgan fingerprint density at radius 1 is 1.19 bits per heavy atom. The number of hydrogen-bond acceptors (Lipinski definition) is 4. The molecule has 0 aliphatic heterocycles. The molecule has 2 aromatic heterocycles. The topological polar surface area (TPSA) is 37.8 Å². The molecule has 1 N–H and O–H groups in total. The normalized spacial score (nSPS) is 12.7. The van der Waals surface area contributed by atoms with Crippen molar-refractivity contribution < 1.29 is 0 Å². The second kappa shape index (κ2) is 5.92. The molecule has 0 radical (unpaired) electrons. The van der Waals surface area contributed by atoms with Gasteiger partial charge in [0.1, 0.15) is 0 Å². The van der Waals surface area contributed by atoms with Crippen LogP contribution in [0, 0.1) is 13.8 Å². The highest BCUT2D eigenvalue weighted by Crippen LogP contribution is 2.27. The summed E-state index contributed by atoms with van der Waals surface area (Å²) in [5.74, 6) is 0. The molecular weight excluding hydrogens is 278 g/mol. The number of rotatable bonds is 4. The molecule has 3 rings (SSSR count). The molecule has 0 amide bonds. The number of benzene rings is 1. The van der Waals surface area contributed by atoms with Crippen molar-refractivity contribution in [3.63, 3.8) is 0 Å². The van der Waals surface area contributed by atoms with Crippen LogP contribution >= 0.6 is 11.3 Å². The summed E-state index contributed by atoms with van der Waals surface area (Å²) in [7, 11) is 2.01. The van der Waals surface area contributed by atoms with Crippen LogP contribution in [0.3, 0.4) is 0 Å². The second-order valence-electron chi connectivity index (χ2n) is 5.27. The van der Waals surface area contributed by atoms with E-state index in [1.165, 1.54) is 10.9 Å². The molecule has 1 atom stereocenters. The van der Waals surface area contributed by atoms with E-state index in [4.69, 9.17) is 0 Å². The van der Waals surface area contributed by atoms with E-state index in [0.29, 0.717) is 0 Å². The average molecular weight is 297 g/mol. The minimum atomic E-state index is 0.248. The molecule has 0 aliphatic carbocycles. The van der Waals surface area contributed by atoms with Crippen molar-refractivity contribution in [3.05, 3.63) is 57.7 Å². The maximum absolute atomic E-state index is 4.62. The molecule has 1 aromatic carbocycles. The van der Waals surface area contributed by atoms with Crippen molar-refractivity contribution in [2.75, 3.05) is 7.05 Å². The zero-order valence-electron chi connectivity index (χ0n) is 12.6. The first kappa shape index (κ1) is 14.2. The molecule has 4 heteroatoms. The number of fused-ring (bicyclic) bond motifs is 1. The zero-order valence-corrected chi connectivity index (χ0v) is 13.4. The summed E-state index contributed by atoms with van der Waals surface area (Å²) in [4.78, 5) is 9.21. The lowest BCUT2D eigenvalue weighted by molar-refractivity contribution is 0.589. The van der Waals surface area contributed by atoms with Gasteiger partial charge in [-0.25, -0.2) is 4.98 Å². The monoisotopic (exact) mass is 297 g/mol. The first-order valence-corrected chi connectivity index (χ1v) is 8.00. The lowest BCUT2D eigenvalue weighted by Crippen LogP contribution is -2.19. The molecule has 0 saturated carbocycles. The van der Waals surface area contributed by atoms with Gasteiger partial charge in [-0.2, -0.15) is 0 Å². The van der Waals surface area contributed by atoms with E-state index in [9.17, 15) is 0 Å². The van der Waals surface area contributed by atoms with Crippen LogP contribution in [0.15, 0.2) is 35.7 Å². The van der Waals surface area contributed by atoms with Crippen molar-refractivity contribution in [1.82, 2.24) is 15.3 Å². The number of thiazole rings is 1. The van der Waals surface area contributed by atoms with Crippen molar-refractivity contribution in [2.45, 2.75) is 26.3 Å². The van der Waals surface area contributed by atoms with Crippen LogP contribution in [0.2, 0.25) is 0 Å². The standard InChI is InChI=1S/C17H19N3S/c1-11-8-15(14-6-4-5-7-16(14)19-11)17(18-3)9-13-10-21-12(2)20-13/h4-8,10,17-18H,9H2,1-3H3. The fourth-order valence-electron chi connectivity index (χ4n) is 2.71. The maximum Gasteiger partial charge on any atom is 0.0897 e. The van der Waals surface area contributed by atoms with Crippen LogP contribution in [-0.2, 0) is 6.42 Å². The number of nitrogens with zero attached hydrogens (tertiary/aromatic N) is 2. The Labute approximate surface area is 129 Å². The molecule has 1 unspecified atom stereocenters. The molecular formula is C17H19N3S. The van der Waals surface area contributed by atoms with Gasteiger partial charge in [0, 0.05) is 28.9 Å². The molecule has 21 heavy (non-hydrogen) atoms. The van der Waals surface area contributed by atoms with Crippen LogP contribution in [0.25, 0.3) is 10.9 Å². The number of pyridine rings is 1.